The lowest BCUT2D eigenvalue weighted by Gasteiger charge is -2.36. The minimum atomic E-state index is -4.33. The summed E-state index contributed by atoms with van der Waals surface area (Å²) < 4.78 is 43.6. The van der Waals surface area contributed by atoms with E-state index in [2.05, 4.69) is 25.4 Å². The zero-order valence-electron chi connectivity index (χ0n) is 17.9. The van der Waals surface area contributed by atoms with Gasteiger partial charge in [0, 0.05) is 52.9 Å². The van der Waals surface area contributed by atoms with E-state index in [-0.39, 0.29) is 36.4 Å². The number of carbonyl (C=O) groups excluding carboxylic acids is 1. The van der Waals surface area contributed by atoms with Crippen LogP contribution >= 0.6 is 24.0 Å². The average molecular weight is 557 g/mol. The van der Waals surface area contributed by atoms with Crippen LogP contribution in [0.2, 0.25) is 0 Å². The van der Waals surface area contributed by atoms with Crippen LogP contribution in [0.4, 0.5) is 13.2 Å². The summed E-state index contributed by atoms with van der Waals surface area (Å²) in [4.78, 5) is 20.4. The van der Waals surface area contributed by atoms with Crippen LogP contribution in [0.5, 0.6) is 0 Å². The third kappa shape index (κ3) is 9.60. The molecule has 0 aliphatic carbocycles. The summed E-state index contributed by atoms with van der Waals surface area (Å²) in [5.74, 6) is 0.490. The minimum Gasteiger partial charge on any atom is -0.383 e. The number of nitrogens with one attached hydrogen (secondary N) is 2. The molecule has 0 aromatic heterocycles. The first-order chi connectivity index (χ1) is 14.3. The molecule has 1 aliphatic heterocycles. The van der Waals surface area contributed by atoms with Crippen LogP contribution in [0.15, 0.2) is 29.3 Å². The Labute approximate surface area is 198 Å². The quantitative estimate of drug-likeness (QED) is 0.222. The number of guanidine groups is 1. The van der Waals surface area contributed by atoms with E-state index in [4.69, 9.17) is 4.74 Å². The van der Waals surface area contributed by atoms with Gasteiger partial charge < -0.3 is 20.3 Å². The minimum absolute atomic E-state index is 0. The molecule has 31 heavy (non-hydrogen) atoms. The Morgan fingerprint density at radius 3 is 2.52 bits per heavy atom. The predicted molar refractivity (Wildman–Crippen MR) is 125 cm³/mol. The maximum absolute atomic E-state index is 12.9. The number of amides is 1. The van der Waals surface area contributed by atoms with Gasteiger partial charge in [0.2, 0.25) is 5.91 Å². The molecule has 0 bridgehead atoms. The second-order valence-electron chi connectivity index (χ2n) is 6.97. The van der Waals surface area contributed by atoms with Gasteiger partial charge in [-0.3, -0.25) is 9.69 Å². The van der Waals surface area contributed by atoms with Crippen LogP contribution in [0.25, 0.3) is 0 Å². The fourth-order valence-electron chi connectivity index (χ4n) is 3.14. The van der Waals surface area contributed by atoms with Crippen molar-refractivity contribution in [2.45, 2.75) is 19.6 Å². The third-order valence-corrected chi connectivity index (χ3v) is 4.67. The molecule has 1 aliphatic rings. The number of alkyl halides is 3. The Bertz CT molecular complexity index is 710. The number of aliphatic imine (C=N–C) groups is 1. The number of methoxy groups -OCH3 is 1. The van der Waals surface area contributed by atoms with Crippen LogP contribution in [0.1, 0.15) is 18.1 Å². The molecule has 0 spiro atoms. The second-order valence-corrected chi connectivity index (χ2v) is 6.97. The van der Waals surface area contributed by atoms with Gasteiger partial charge in [-0.05, 0) is 18.6 Å². The van der Waals surface area contributed by atoms with Crippen molar-refractivity contribution >= 4 is 35.8 Å². The Balaban J connectivity index is 0.00000480. The van der Waals surface area contributed by atoms with Crippen molar-refractivity contribution in [2.24, 2.45) is 4.99 Å². The highest BCUT2D eigenvalue weighted by atomic mass is 127. The average Bonchev–Trinajstić information content (AvgIpc) is 2.71. The van der Waals surface area contributed by atoms with Crippen molar-refractivity contribution < 1.29 is 22.7 Å². The molecule has 176 valence electrons. The molecule has 1 heterocycles. The van der Waals surface area contributed by atoms with Crippen molar-refractivity contribution in [3.05, 3.63) is 35.4 Å². The lowest BCUT2D eigenvalue weighted by Crippen LogP contribution is -2.52. The van der Waals surface area contributed by atoms with E-state index < -0.39 is 11.7 Å². The number of nitrogens with zero attached hydrogens (tertiary/aromatic N) is 3. The molecule has 1 aromatic rings. The van der Waals surface area contributed by atoms with Gasteiger partial charge in [-0.2, -0.15) is 13.2 Å². The summed E-state index contributed by atoms with van der Waals surface area (Å²) in [5, 5.41) is 5.92. The number of hydrogen-bond acceptors (Lipinski definition) is 4. The molecule has 1 amide bonds. The number of benzene rings is 1. The summed E-state index contributed by atoms with van der Waals surface area (Å²) in [6, 6.07) is 5.46. The molecular weight excluding hydrogens is 526 g/mol. The van der Waals surface area contributed by atoms with Gasteiger partial charge in [0.15, 0.2) is 5.96 Å². The van der Waals surface area contributed by atoms with E-state index >= 15 is 0 Å². The molecule has 1 fully saturated rings. The van der Waals surface area contributed by atoms with E-state index in [1.807, 2.05) is 6.92 Å². The standard InChI is InChI=1S/C20H30F3N5O2.HI/c1-3-24-19(26-14-18(29)25-7-12-30-2)28-10-8-27(9-11-28)15-16-5-4-6-17(13-16)20(21,22)23;/h4-6,13H,3,7-12,14-15H2,1-2H3,(H,24,26)(H,25,29);1H. The van der Waals surface area contributed by atoms with Crippen molar-refractivity contribution in [2.75, 3.05) is 59.5 Å². The zero-order valence-corrected chi connectivity index (χ0v) is 20.2. The van der Waals surface area contributed by atoms with Crippen LogP contribution < -0.4 is 10.6 Å². The molecule has 1 saturated heterocycles. The SMILES string of the molecule is CCNC(=NCC(=O)NCCOC)N1CCN(Cc2cccc(C(F)(F)F)c2)CC1.I. The molecule has 11 heteroatoms. The Morgan fingerprint density at radius 1 is 1.19 bits per heavy atom. The third-order valence-electron chi connectivity index (χ3n) is 4.67. The molecule has 2 N–H and O–H groups in total. The normalized spacial score (nSPS) is 15.4. The van der Waals surface area contributed by atoms with Gasteiger partial charge in [0.1, 0.15) is 6.54 Å². The molecule has 0 radical (unpaired) electrons. The summed E-state index contributed by atoms with van der Waals surface area (Å²) in [5.41, 5.74) is 0.0237. The van der Waals surface area contributed by atoms with Crippen molar-refractivity contribution in [1.29, 1.82) is 0 Å². The molecule has 1 aromatic carbocycles. The number of rotatable bonds is 8. The van der Waals surface area contributed by atoms with E-state index in [1.54, 1.807) is 13.2 Å². The molecule has 0 unspecified atom stereocenters. The van der Waals surface area contributed by atoms with Crippen molar-refractivity contribution in [3.63, 3.8) is 0 Å². The zero-order chi connectivity index (χ0) is 22.0. The fourth-order valence-corrected chi connectivity index (χ4v) is 3.14. The highest BCUT2D eigenvalue weighted by Gasteiger charge is 2.30. The predicted octanol–water partition coefficient (Wildman–Crippen LogP) is 2.17. The Hall–Kier alpha value is -1.60. The number of ether oxygens (including phenoxy) is 1. The first-order valence-electron chi connectivity index (χ1n) is 10.0. The van der Waals surface area contributed by atoms with Gasteiger partial charge in [0.05, 0.1) is 12.2 Å². The van der Waals surface area contributed by atoms with E-state index in [0.717, 1.165) is 6.07 Å². The number of carbonyl (C=O) groups is 1. The van der Waals surface area contributed by atoms with E-state index in [0.29, 0.717) is 63.9 Å². The van der Waals surface area contributed by atoms with Gasteiger partial charge in [-0.1, -0.05) is 18.2 Å². The molecule has 0 saturated carbocycles. The second kappa shape index (κ2) is 13.7. The summed E-state index contributed by atoms with van der Waals surface area (Å²) in [6.45, 7) is 6.75. The topological polar surface area (TPSA) is 69.2 Å². The number of piperazine rings is 1. The van der Waals surface area contributed by atoms with E-state index in [1.165, 1.54) is 12.1 Å². The maximum Gasteiger partial charge on any atom is 0.416 e. The van der Waals surface area contributed by atoms with Crippen LogP contribution in [-0.2, 0) is 22.3 Å². The van der Waals surface area contributed by atoms with Gasteiger partial charge in [0.25, 0.3) is 0 Å². The van der Waals surface area contributed by atoms with Gasteiger partial charge in [-0.25, -0.2) is 4.99 Å². The first kappa shape index (κ1) is 27.4. The Morgan fingerprint density at radius 2 is 1.90 bits per heavy atom. The summed E-state index contributed by atoms with van der Waals surface area (Å²) in [7, 11) is 1.57. The highest BCUT2D eigenvalue weighted by Crippen LogP contribution is 2.29. The molecule has 7 nitrogen and oxygen atoms in total. The first-order valence-corrected chi connectivity index (χ1v) is 10.0. The Kier molecular flexibility index (Phi) is 12.2. The van der Waals surface area contributed by atoms with Crippen LogP contribution in [0.3, 0.4) is 0 Å². The van der Waals surface area contributed by atoms with Crippen LogP contribution in [0, 0.1) is 0 Å². The summed E-state index contributed by atoms with van der Waals surface area (Å²) >= 11 is 0. The highest BCUT2D eigenvalue weighted by molar-refractivity contribution is 14.0. The van der Waals surface area contributed by atoms with E-state index in [9.17, 15) is 18.0 Å². The summed E-state index contributed by atoms with van der Waals surface area (Å²) in [6.07, 6.45) is -4.33. The van der Waals surface area contributed by atoms with Gasteiger partial charge >= 0.3 is 6.18 Å². The number of halogens is 4. The van der Waals surface area contributed by atoms with Gasteiger partial charge in [-0.15, -0.1) is 24.0 Å². The largest absolute Gasteiger partial charge is 0.416 e. The molecule has 0 atom stereocenters. The van der Waals surface area contributed by atoms with Crippen molar-refractivity contribution in [1.82, 2.24) is 20.4 Å². The maximum atomic E-state index is 12.9. The van der Waals surface area contributed by atoms with Crippen LogP contribution in [-0.4, -0.2) is 81.2 Å². The smallest absolute Gasteiger partial charge is 0.383 e. The molecule has 2 rings (SSSR count). The molecular formula is C20H31F3IN5O2. The lowest BCUT2D eigenvalue weighted by atomic mass is 10.1. The lowest BCUT2D eigenvalue weighted by molar-refractivity contribution is -0.137. The number of hydrogen-bond donors (Lipinski definition) is 2. The monoisotopic (exact) mass is 557 g/mol. The fraction of sp³-hybridized carbons (Fsp3) is 0.600. The van der Waals surface area contributed by atoms with Crippen molar-refractivity contribution in [3.8, 4) is 0 Å².